The van der Waals surface area contributed by atoms with E-state index >= 15 is 0 Å². The van der Waals surface area contributed by atoms with Crippen LogP contribution in [0.4, 0.5) is 11.5 Å². The Labute approximate surface area is 181 Å². The Morgan fingerprint density at radius 3 is 2.60 bits per heavy atom. The number of hydrogen-bond donors (Lipinski definition) is 1. The predicted octanol–water partition coefficient (Wildman–Crippen LogP) is 3.34. The molecule has 1 aliphatic carbocycles. The Morgan fingerprint density at radius 2 is 1.87 bits per heavy atom. The van der Waals surface area contributed by atoms with Crippen molar-refractivity contribution in [2.45, 2.75) is 39.0 Å². The third-order valence-electron chi connectivity index (χ3n) is 5.80. The maximum absolute atomic E-state index is 13.0. The zero-order valence-electron chi connectivity index (χ0n) is 17.6. The molecule has 160 valence electrons. The maximum Gasteiger partial charge on any atom is 0.265 e. The number of nitrogens with one attached hydrogen (secondary N) is 1. The number of fused-ring (bicyclic) bond motifs is 1. The van der Waals surface area contributed by atoms with Gasteiger partial charge in [0.05, 0.1) is 17.7 Å². The average molecular weight is 429 g/mol. The first-order chi connectivity index (χ1) is 14.5. The molecule has 0 saturated carbocycles. The van der Waals surface area contributed by atoms with E-state index in [1.807, 2.05) is 11.0 Å². The molecule has 3 heterocycles. The van der Waals surface area contributed by atoms with Gasteiger partial charge in [-0.1, -0.05) is 6.42 Å². The molecule has 8 heteroatoms. The number of ether oxygens (including phenoxy) is 1. The lowest BCUT2D eigenvalue weighted by molar-refractivity contribution is -0.129. The SMILES string of the molecule is COc1ccc(NC(=O)c2cc3c(s2)CCCCC3)c(N2CCN(C(C)=O)CC2)n1. The van der Waals surface area contributed by atoms with Gasteiger partial charge in [-0.3, -0.25) is 9.59 Å². The highest BCUT2D eigenvalue weighted by atomic mass is 32.1. The number of aryl methyl sites for hydroxylation is 2. The van der Waals surface area contributed by atoms with Gasteiger partial charge in [0.1, 0.15) is 0 Å². The molecule has 2 aromatic heterocycles. The summed E-state index contributed by atoms with van der Waals surface area (Å²) in [5, 5.41) is 3.07. The van der Waals surface area contributed by atoms with E-state index in [-0.39, 0.29) is 11.8 Å². The van der Waals surface area contributed by atoms with Crippen LogP contribution < -0.4 is 15.0 Å². The van der Waals surface area contributed by atoms with E-state index in [2.05, 4.69) is 21.3 Å². The number of anilines is 2. The predicted molar refractivity (Wildman–Crippen MR) is 119 cm³/mol. The second-order valence-corrected chi connectivity index (χ2v) is 8.93. The molecule has 0 spiro atoms. The lowest BCUT2D eigenvalue weighted by Crippen LogP contribution is -2.48. The summed E-state index contributed by atoms with van der Waals surface area (Å²) in [6.07, 6.45) is 5.80. The summed E-state index contributed by atoms with van der Waals surface area (Å²) in [5.74, 6) is 1.17. The van der Waals surface area contributed by atoms with Crippen LogP contribution in [0.2, 0.25) is 0 Å². The van der Waals surface area contributed by atoms with Crippen molar-refractivity contribution in [3.05, 3.63) is 33.5 Å². The fraction of sp³-hybridized carbons (Fsp3) is 0.500. The lowest BCUT2D eigenvalue weighted by Gasteiger charge is -2.35. The van der Waals surface area contributed by atoms with Crippen molar-refractivity contribution in [3.8, 4) is 5.88 Å². The number of aromatic nitrogens is 1. The molecule has 1 aliphatic heterocycles. The number of rotatable bonds is 4. The van der Waals surface area contributed by atoms with Crippen LogP contribution >= 0.6 is 11.3 Å². The van der Waals surface area contributed by atoms with Crippen LogP contribution in [-0.2, 0) is 17.6 Å². The quantitative estimate of drug-likeness (QED) is 0.756. The number of thiophene rings is 1. The average Bonchev–Trinajstić information content (AvgIpc) is 3.04. The van der Waals surface area contributed by atoms with Gasteiger partial charge >= 0.3 is 0 Å². The van der Waals surface area contributed by atoms with Gasteiger partial charge in [0.2, 0.25) is 11.8 Å². The Kier molecular flexibility index (Phi) is 6.22. The fourth-order valence-corrected chi connectivity index (χ4v) is 5.23. The number of methoxy groups -OCH3 is 1. The molecule has 0 radical (unpaired) electrons. The van der Waals surface area contributed by atoms with Gasteiger partial charge in [-0.15, -0.1) is 11.3 Å². The molecule has 0 bridgehead atoms. The number of piperazine rings is 1. The molecular weight excluding hydrogens is 400 g/mol. The van der Waals surface area contributed by atoms with E-state index in [0.717, 1.165) is 17.7 Å². The number of nitrogens with zero attached hydrogens (tertiary/aromatic N) is 3. The molecule has 1 saturated heterocycles. The van der Waals surface area contributed by atoms with Crippen molar-refractivity contribution < 1.29 is 14.3 Å². The Bertz CT molecular complexity index is 911. The zero-order valence-corrected chi connectivity index (χ0v) is 18.4. The van der Waals surface area contributed by atoms with Crippen molar-refractivity contribution >= 4 is 34.7 Å². The summed E-state index contributed by atoms with van der Waals surface area (Å²) < 4.78 is 5.30. The minimum Gasteiger partial charge on any atom is -0.481 e. The van der Waals surface area contributed by atoms with E-state index in [1.165, 1.54) is 29.7 Å². The molecule has 0 aromatic carbocycles. The second-order valence-electron chi connectivity index (χ2n) is 7.79. The molecule has 1 N–H and O–H groups in total. The fourth-order valence-electron chi connectivity index (χ4n) is 4.08. The smallest absolute Gasteiger partial charge is 0.265 e. The van der Waals surface area contributed by atoms with Crippen LogP contribution in [0.5, 0.6) is 5.88 Å². The van der Waals surface area contributed by atoms with E-state index in [1.54, 1.807) is 31.4 Å². The van der Waals surface area contributed by atoms with E-state index in [9.17, 15) is 9.59 Å². The van der Waals surface area contributed by atoms with E-state index in [0.29, 0.717) is 43.6 Å². The number of pyridine rings is 1. The molecule has 0 unspecified atom stereocenters. The monoisotopic (exact) mass is 428 g/mol. The lowest BCUT2D eigenvalue weighted by atomic mass is 10.1. The molecular formula is C22H28N4O3S. The molecule has 0 atom stereocenters. The second kappa shape index (κ2) is 9.04. The minimum absolute atomic E-state index is 0.0826. The summed E-state index contributed by atoms with van der Waals surface area (Å²) in [6, 6.07) is 5.66. The summed E-state index contributed by atoms with van der Waals surface area (Å²) >= 11 is 1.61. The number of carbonyl (C=O) groups is 2. The van der Waals surface area contributed by atoms with Gasteiger partial charge in [-0.05, 0) is 43.4 Å². The molecule has 4 rings (SSSR count). The Morgan fingerprint density at radius 1 is 1.10 bits per heavy atom. The van der Waals surface area contributed by atoms with Crippen molar-refractivity contribution in [2.75, 3.05) is 43.5 Å². The normalized spacial score (nSPS) is 16.6. The van der Waals surface area contributed by atoms with E-state index < -0.39 is 0 Å². The first kappa shape index (κ1) is 20.7. The van der Waals surface area contributed by atoms with Crippen molar-refractivity contribution in [1.82, 2.24) is 9.88 Å². The van der Waals surface area contributed by atoms with Crippen molar-refractivity contribution in [3.63, 3.8) is 0 Å². The molecule has 2 aliphatic rings. The van der Waals surface area contributed by atoms with Gasteiger partial charge in [-0.25, -0.2) is 0 Å². The van der Waals surface area contributed by atoms with Crippen LogP contribution in [0, 0.1) is 0 Å². The molecule has 2 aromatic rings. The van der Waals surface area contributed by atoms with Gasteiger partial charge < -0.3 is 19.9 Å². The van der Waals surface area contributed by atoms with Gasteiger partial charge in [0.25, 0.3) is 5.91 Å². The van der Waals surface area contributed by atoms with E-state index in [4.69, 9.17) is 4.74 Å². The standard InChI is InChI=1S/C22H28N4O3S/c1-15(27)25-10-12-26(13-11-25)21-17(8-9-20(24-21)29-2)23-22(28)19-14-16-6-4-3-5-7-18(16)30-19/h8-9,14H,3-7,10-13H2,1-2H3,(H,23,28). The molecule has 30 heavy (non-hydrogen) atoms. The number of carbonyl (C=O) groups excluding carboxylic acids is 2. The summed E-state index contributed by atoms with van der Waals surface area (Å²) in [4.78, 5) is 35.3. The van der Waals surface area contributed by atoms with Gasteiger partial charge in [0, 0.05) is 44.0 Å². The third-order valence-corrected chi connectivity index (χ3v) is 7.04. The Hall–Kier alpha value is -2.61. The van der Waals surface area contributed by atoms with Crippen LogP contribution in [0.3, 0.4) is 0 Å². The van der Waals surface area contributed by atoms with Gasteiger partial charge in [-0.2, -0.15) is 4.98 Å². The summed E-state index contributed by atoms with van der Waals surface area (Å²) in [7, 11) is 1.58. The summed E-state index contributed by atoms with van der Waals surface area (Å²) in [6.45, 7) is 4.19. The highest BCUT2D eigenvalue weighted by molar-refractivity contribution is 7.14. The highest BCUT2D eigenvalue weighted by Gasteiger charge is 2.24. The summed E-state index contributed by atoms with van der Waals surface area (Å²) in [5.41, 5.74) is 2.00. The first-order valence-corrected chi connectivity index (χ1v) is 11.3. The molecule has 1 fully saturated rings. The topological polar surface area (TPSA) is 74.8 Å². The van der Waals surface area contributed by atoms with Crippen LogP contribution in [0.15, 0.2) is 18.2 Å². The van der Waals surface area contributed by atoms with Crippen LogP contribution in [0.25, 0.3) is 0 Å². The molecule has 2 amide bonds. The van der Waals surface area contributed by atoms with Crippen molar-refractivity contribution in [1.29, 1.82) is 0 Å². The third kappa shape index (κ3) is 4.43. The molecule has 7 nitrogen and oxygen atoms in total. The highest BCUT2D eigenvalue weighted by Crippen LogP contribution is 2.31. The van der Waals surface area contributed by atoms with Gasteiger partial charge in [0.15, 0.2) is 5.82 Å². The number of hydrogen-bond acceptors (Lipinski definition) is 6. The zero-order chi connectivity index (χ0) is 21.1. The van der Waals surface area contributed by atoms with Crippen LogP contribution in [-0.4, -0.2) is 55.0 Å². The number of amides is 2. The minimum atomic E-state index is -0.0938. The Balaban J connectivity index is 1.54. The first-order valence-electron chi connectivity index (χ1n) is 10.5. The largest absolute Gasteiger partial charge is 0.481 e. The van der Waals surface area contributed by atoms with Crippen LogP contribution in [0.1, 0.15) is 46.3 Å². The van der Waals surface area contributed by atoms with Crippen molar-refractivity contribution in [2.24, 2.45) is 0 Å². The maximum atomic E-state index is 13.0.